The molecule has 0 saturated carbocycles. The third kappa shape index (κ3) is 2.76. The van der Waals surface area contributed by atoms with E-state index in [4.69, 9.17) is 0 Å². The SMILES string of the molecule is Cc1ccsc1CNC(C)c1cn(C)nc1C. The largest absolute Gasteiger partial charge is 0.305 e. The van der Waals surface area contributed by atoms with E-state index < -0.39 is 0 Å². The quantitative estimate of drug-likeness (QED) is 0.903. The molecule has 1 N–H and O–H groups in total. The summed E-state index contributed by atoms with van der Waals surface area (Å²) in [6.45, 7) is 7.34. The van der Waals surface area contributed by atoms with E-state index in [1.807, 2.05) is 23.1 Å². The minimum Gasteiger partial charge on any atom is -0.305 e. The molecule has 92 valence electrons. The second-order valence-electron chi connectivity index (χ2n) is 4.47. The van der Waals surface area contributed by atoms with Crippen LogP contribution in [0.15, 0.2) is 17.6 Å². The number of nitrogens with one attached hydrogen (secondary N) is 1. The molecule has 0 radical (unpaired) electrons. The average Bonchev–Trinajstić information content (AvgIpc) is 2.81. The van der Waals surface area contributed by atoms with E-state index in [-0.39, 0.29) is 0 Å². The summed E-state index contributed by atoms with van der Waals surface area (Å²) in [5, 5.41) is 10.1. The summed E-state index contributed by atoms with van der Waals surface area (Å²) < 4.78 is 1.87. The smallest absolute Gasteiger partial charge is 0.0641 e. The molecule has 0 amide bonds. The Labute approximate surface area is 106 Å². The van der Waals surface area contributed by atoms with Gasteiger partial charge in [0.2, 0.25) is 0 Å². The molecule has 0 fully saturated rings. The first-order valence-electron chi connectivity index (χ1n) is 5.84. The van der Waals surface area contributed by atoms with Crippen LogP contribution in [0.1, 0.15) is 34.7 Å². The molecule has 1 atom stereocenters. The summed E-state index contributed by atoms with van der Waals surface area (Å²) in [5.74, 6) is 0. The summed E-state index contributed by atoms with van der Waals surface area (Å²) in [6.07, 6.45) is 2.09. The fraction of sp³-hybridized carbons (Fsp3) is 0.462. The maximum Gasteiger partial charge on any atom is 0.0641 e. The summed E-state index contributed by atoms with van der Waals surface area (Å²) in [7, 11) is 1.96. The van der Waals surface area contributed by atoms with Crippen LogP contribution in [0.3, 0.4) is 0 Å². The van der Waals surface area contributed by atoms with Crippen molar-refractivity contribution < 1.29 is 0 Å². The molecule has 0 aliphatic heterocycles. The van der Waals surface area contributed by atoms with Crippen LogP contribution in [0.4, 0.5) is 0 Å². The monoisotopic (exact) mass is 249 g/mol. The van der Waals surface area contributed by atoms with E-state index in [1.165, 1.54) is 16.0 Å². The molecular weight excluding hydrogens is 230 g/mol. The van der Waals surface area contributed by atoms with Crippen molar-refractivity contribution in [1.29, 1.82) is 0 Å². The molecule has 17 heavy (non-hydrogen) atoms. The van der Waals surface area contributed by atoms with E-state index in [0.29, 0.717) is 6.04 Å². The average molecular weight is 249 g/mol. The van der Waals surface area contributed by atoms with Crippen LogP contribution in [0.25, 0.3) is 0 Å². The lowest BCUT2D eigenvalue weighted by Gasteiger charge is -2.12. The van der Waals surface area contributed by atoms with Crippen molar-refractivity contribution in [3.05, 3.63) is 39.3 Å². The second kappa shape index (κ2) is 5.02. The molecule has 0 bridgehead atoms. The fourth-order valence-electron chi connectivity index (χ4n) is 1.98. The normalized spacial score (nSPS) is 12.9. The zero-order valence-corrected chi connectivity index (χ0v) is 11.6. The van der Waals surface area contributed by atoms with Crippen LogP contribution in [-0.2, 0) is 13.6 Å². The minimum atomic E-state index is 0.338. The van der Waals surface area contributed by atoms with Gasteiger partial charge in [-0.25, -0.2) is 0 Å². The topological polar surface area (TPSA) is 29.9 Å². The zero-order valence-electron chi connectivity index (χ0n) is 10.8. The molecule has 2 heterocycles. The Hall–Kier alpha value is -1.13. The van der Waals surface area contributed by atoms with Gasteiger partial charge in [-0.05, 0) is 37.8 Å². The highest BCUT2D eigenvalue weighted by atomic mass is 32.1. The van der Waals surface area contributed by atoms with Crippen LogP contribution in [-0.4, -0.2) is 9.78 Å². The molecular formula is C13H19N3S. The van der Waals surface area contributed by atoms with Gasteiger partial charge < -0.3 is 5.32 Å². The molecule has 0 saturated heterocycles. The van der Waals surface area contributed by atoms with Crippen LogP contribution in [0.5, 0.6) is 0 Å². The lowest BCUT2D eigenvalue weighted by molar-refractivity contribution is 0.575. The van der Waals surface area contributed by atoms with Crippen molar-refractivity contribution in [2.75, 3.05) is 0 Å². The van der Waals surface area contributed by atoms with Gasteiger partial charge in [-0.1, -0.05) is 0 Å². The number of hydrogen-bond acceptors (Lipinski definition) is 3. The number of aryl methyl sites for hydroxylation is 3. The van der Waals surface area contributed by atoms with Crippen molar-refractivity contribution in [3.8, 4) is 0 Å². The van der Waals surface area contributed by atoms with Crippen LogP contribution >= 0.6 is 11.3 Å². The van der Waals surface area contributed by atoms with Crippen LogP contribution < -0.4 is 5.32 Å². The predicted octanol–water partition coefficient (Wildman–Crippen LogP) is 2.95. The van der Waals surface area contributed by atoms with Gasteiger partial charge in [0.15, 0.2) is 0 Å². The van der Waals surface area contributed by atoms with Gasteiger partial charge in [-0.2, -0.15) is 5.10 Å². The van der Waals surface area contributed by atoms with Gasteiger partial charge >= 0.3 is 0 Å². The Morgan fingerprint density at radius 1 is 1.47 bits per heavy atom. The van der Waals surface area contributed by atoms with Crippen molar-refractivity contribution >= 4 is 11.3 Å². The lowest BCUT2D eigenvalue weighted by Crippen LogP contribution is -2.18. The Morgan fingerprint density at radius 2 is 2.24 bits per heavy atom. The zero-order chi connectivity index (χ0) is 12.4. The third-order valence-electron chi connectivity index (χ3n) is 3.05. The summed E-state index contributed by atoms with van der Waals surface area (Å²) in [4.78, 5) is 1.42. The molecule has 0 aromatic carbocycles. The van der Waals surface area contributed by atoms with Gasteiger partial charge in [-0.15, -0.1) is 11.3 Å². The Balaban J connectivity index is 2.00. The van der Waals surface area contributed by atoms with E-state index in [1.54, 1.807) is 0 Å². The van der Waals surface area contributed by atoms with Gasteiger partial charge in [0, 0.05) is 36.3 Å². The number of nitrogens with zero attached hydrogens (tertiary/aromatic N) is 2. The van der Waals surface area contributed by atoms with Gasteiger partial charge in [0.05, 0.1) is 5.69 Å². The number of aromatic nitrogens is 2. The maximum absolute atomic E-state index is 4.37. The maximum atomic E-state index is 4.37. The number of hydrogen-bond donors (Lipinski definition) is 1. The molecule has 4 heteroatoms. The highest BCUT2D eigenvalue weighted by molar-refractivity contribution is 7.10. The van der Waals surface area contributed by atoms with Crippen molar-refractivity contribution in [1.82, 2.24) is 15.1 Å². The minimum absolute atomic E-state index is 0.338. The molecule has 2 rings (SSSR count). The van der Waals surface area contributed by atoms with Gasteiger partial charge in [-0.3, -0.25) is 4.68 Å². The van der Waals surface area contributed by atoms with Crippen LogP contribution in [0, 0.1) is 13.8 Å². The Bertz CT molecular complexity index is 498. The molecule has 3 nitrogen and oxygen atoms in total. The molecule has 0 spiro atoms. The first-order valence-corrected chi connectivity index (χ1v) is 6.72. The summed E-state index contributed by atoms with van der Waals surface area (Å²) >= 11 is 1.81. The highest BCUT2D eigenvalue weighted by Crippen LogP contribution is 2.19. The number of thiophene rings is 1. The Kier molecular flexibility index (Phi) is 3.64. The van der Waals surface area contributed by atoms with E-state index in [9.17, 15) is 0 Å². The molecule has 0 aliphatic carbocycles. The van der Waals surface area contributed by atoms with Crippen molar-refractivity contribution in [3.63, 3.8) is 0 Å². The molecule has 2 aromatic heterocycles. The number of rotatable bonds is 4. The second-order valence-corrected chi connectivity index (χ2v) is 5.47. The fourth-order valence-corrected chi connectivity index (χ4v) is 2.84. The summed E-state index contributed by atoms with van der Waals surface area (Å²) in [5.41, 5.74) is 3.76. The van der Waals surface area contributed by atoms with E-state index in [0.717, 1.165) is 12.2 Å². The Morgan fingerprint density at radius 3 is 2.76 bits per heavy atom. The molecule has 1 unspecified atom stereocenters. The first kappa shape index (κ1) is 12.3. The van der Waals surface area contributed by atoms with Crippen molar-refractivity contribution in [2.45, 2.75) is 33.4 Å². The van der Waals surface area contributed by atoms with Crippen molar-refractivity contribution in [2.24, 2.45) is 7.05 Å². The van der Waals surface area contributed by atoms with Gasteiger partial charge in [0.25, 0.3) is 0 Å². The standard InChI is InChI=1S/C13H19N3S/c1-9-5-6-17-13(9)7-14-10(2)12-8-16(4)15-11(12)3/h5-6,8,10,14H,7H2,1-4H3. The third-order valence-corrected chi connectivity index (χ3v) is 4.08. The lowest BCUT2D eigenvalue weighted by atomic mass is 10.1. The van der Waals surface area contributed by atoms with Gasteiger partial charge in [0.1, 0.15) is 0 Å². The first-order chi connectivity index (χ1) is 8.08. The molecule has 0 aliphatic rings. The van der Waals surface area contributed by atoms with E-state index >= 15 is 0 Å². The predicted molar refractivity (Wildman–Crippen MR) is 72.3 cm³/mol. The molecule has 2 aromatic rings. The summed E-state index contributed by atoms with van der Waals surface area (Å²) in [6, 6.07) is 2.51. The van der Waals surface area contributed by atoms with E-state index in [2.05, 4.69) is 48.8 Å². The van der Waals surface area contributed by atoms with Crippen LogP contribution in [0.2, 0.25) is 0 Å². The highest BCUT2D eigenvalue weighted by Gasteiger charge is 2.11.